The fraction of sp³-hybridized carbons (Fsp3) is 0.633. The number of benzene rings is 5. The topological polar surface area (TPSA) is 201 Å². The summed E-state index contributed by atoms with van der Waals surface area (Å²) in [6.45, 7) is 44.8. The van der Waals surface area contributed by atoms with Gasteiger partial charge >= 0.3 is 17.9 Å². The van der Waals surface area contributed by atoms with Crippen LogP contribution < -0.4 is 33.2 Å². The van der Waals surface area contributed by atoms with E-state index < -0.39 is 16.2 Å². The highest BCUT2D eigenvalue weighted by atomic mass is 16.7. The highest BCUT2D eigenvalue weighted by Gasteiger charge is 2.34. The lowest BCUT2D eigenvalue weighted by Crippen LogP contribution is -2.39. The Hall–Kier alpha value is -6.77. The molecular weight excluding hydrogens is 1370 g/mol. The molecule has 0 spiro atoms. The molecule has 1 N–H and O–H groups in total. The summed E-state index contributed by atoms with van der Waals surface area (Å²) in [5.74, 6) is 5.63. The van der Waals surface area contributed by atoms with Gasteiger partial charge in [-0.2, -0.15) is 0 Å². The predicted octanol–water partition coefficient (Wildman–Crippen LogP) is 21.7. The van der Waals surface area contributed by atoms with E-state index in [0.29, 0.717) is 58.2 Å². The number of ether oxygens (including phenoxy) is 14. The van der Waals surface area contributed by atoms with E-state index in [4.69, 9.17) is 71.4 Å². The number of carbonyl (C=O) groups is 3. The molecule has 5 aromatic rings. The van der Waals surface area contributed by atoms with Crippen LogP contribution in [0, 0.1) is 27.6 Å². The largest absolute Gasteiger partial charge is 0.508 e. The number of phenolic OH excluding ortho intramolecular Hbond substituents is 1. The van der Waals surface area contributed by atoms with E-state index in [0.717, 1.165) is 110 Å². The predicted molar refractivity (Wildman–Crippen MR) is 426 cm³/mol. The molecule has 3 saturated heterocycles. The van der Waals surface area contributed by atoms with Gasteiger partial charge in [-0.25, -0.2) is 0 Å². The minimum atomic E-state index is -0.496. The van der Waals surface area contributed by atoms with Crippen LogP contribution in [0.25, 0.3) is 0 Å². The van der Waals surface area contributed by atoms with Crippen LogP contribution in [-0.2, 0) is 47.5 Å². The lowest BCUT2D eigenvalue weighted by molar-refractivity contribution is -0.186. The Bertz CT molecular complexity index is 3260. The Morgan fingerprint density at radius 2 is 0.657 bits per heavy atom. The molecule has 604 valence electrons. The van der Waals surface area contributed by atoms with Crippen LogP contribution >= 0.6 is 0 Å². The molecule has 5 aromatic carbocycles. The lowest BCUT2D eigenvalue weighted by atomic mass is 9.91. The zero-order valence-electron chi connectivity index (χ0n) is 69.3. The Labute approximate surface area is 648 Å². The van der Waals surface area contributed by atoms with Gasteiger partial charge in [-0.15, -0.1) is 0 Å². The third-order valence-corrected chi connectivity index (χ3v) is 20.4. The van der Waals surface area contributed by atoms with Crippen molar-refractivity contribution in [2.45, 2.75) is 303 Å². The Morgan fingerprint density at radius 3 is 0.981 bits per heavy atom. The van der Waals surface area contributed by atoms with E-state index in [1.807, 2.05) is 113 Å². The second-order valence-electron chi connectivity index (χ2n) is 32.2. The molecule has 9 rings (SSSR count). The van der Waals surface area contributed by atoms with Crippen LogP contribution in [0.1, 0.15) is 264 Å². The van der Waals surface area contributed by atoms with E-state index in [1.54, 1.807) is 60.7 Å². The maximum absolute atomic E-state index is 12.2. The van der Waals surface area contributed by atoms with Crippen LogP contribution in [0.2, 0.25) is 0 Å². The third kappa shape index (κ3) is 33.8. The molecular formula is C90H136O18. The van der Waals surface area contributed by atoms with Crippen molar-refractivity contribution in [1.29, 1.82) is 0 Å². The van der Waals surface area contributed by atoms with E-state index >= 15 is 0 Å². The van der Waals surface area contributed by atoms with Crippen LogP contribution in [0.4, 0.5) is 0 Å². The summed E-state index contributed by atoms with van der Waals surface area (Å²) in [6, 6.07) is 37.2. The first-order valence-electron chi connectivity index (χ1n) is 40.1. The Kier molecular flexibility index (Phi) is 39.8. The zero-order chi connectivity index (χ0) is 79.5. The smallest absolute Gasteiger partial charge is 0.316 e. The molecule has 4 aliphatic rings. The molecule has 18 heteroatoms. The van der Waals surface area contributed by atoms with Crippen LogP contribution in [0.3, 0.4) is 0 Å². The van der Waals surface area contributed by atoms with Crippen molar-refractivity contribution in [3.63, 3.8) is 0 Å². The lowest BCUT2D eigenvalue weighted by Gasteiger charge is -2.35. The fourth-order valence-corrected chi connectivity index (χ4v) is 11.0. The van der Waals surface area contributed by atoms with Gasteiger partial charge in [0.2, 0.25) is 12.6 Å². The van der Waals surface area contributed by atoms with E-state index in [-0.39, 0.29) is 72.7 Å². The van der Waals surface area contributed by atoms with Gasteiger partial charge in [0.15, 0.2) is 12.6 Å². The van der Waals surface area contributed by atoms with Crippen molar-refractivity contribution in [2.24, 2.45) is 27.6 Å². The summed E-state index contributed by atoms with van der Waals surface area (Å²) in [7, 11) is 0. The van der Waals surface area contributed by atoms with Crippen molar-refractivity contribution in [2.75, 3.05) is 39.6 Å². The third-order valence-electron chi connectivity index (χ3n) is 20.4. The first-order chi connectivity index (χ1) is 51.3. The van der Waals surface area contributed by atoms with Gasteiger partial charge in [0.25, 0.3) is 0 Å². The minimum Gasteiger partial charge on any atom is -0.508 e. The van der Waals surface area contributed by atoms with Crippen molar-refractivity contribution < 1.29 is 85.8 Å². The summed E-state index contributed by atoms with van der Waals surface area (Å²) in [6.07, 6.45) is 15.9. The van der Waals surface area contributed by atoms with Crippen LogP contribution in [0.5, 0.6) is 46.0 Å². The SMILES string of the molecule is CCC(C)(C)C(=O)Oc1ccc(OC(C)OC2CCOCC2)cc1.CCC(C)(C)C(=O)Oc1ccc(OC(OC2CCOCC2)C(C)(C)C)cc1.CCC(C)(C)C(=O)Oc1ccc(OC(OC2CCOCC2)C(C)C)cc1.CCC(C)c1ccc(O)cc1.CCC(C)c1ccc(OC(C)OC2CCCCC2)cc1. The molecule has 1 saturated carbocycles. The van der Waals surface area contributed by atoms with Gasteiger partial charge in [-0.3, -0.25) is 14.4 Å². The van der Waals surface area contributed by atoms with E-state index in [2.05, 4.69) is 86.6 Å². The molecule has 3 heterocycles. The van der Waals surface area contributed by atoms with E-state index in [1.165, 1.54) is 49.7 Å². The van der Waals surface area contributed by atoms with Crippen molar-refractivity contribution in [3.8, 4) is 46.0 Å². The molecule has 0 aromatic heterocycles. The van der Waals surface area contributed by atoms with Crippen molar-refractivity contribution in [3.05, 3.63) is 132 Å². The second-order valence-corrected chi connectivity index (χ2v) is 32.2. The summed E-state index contributed by atoms with van der Waals surface area (Å²) in [5.41, 5.74) is 1.03. The molecule has 0 radical (unpaired) electrons. The Morgan fingerprint density at radius 1 is 0.370 bits per heavy atom. The van der Waals surface area contributed by atoms with Crippen LogP contribution in [0.15, 0.2) is 121 Å². The molecule has 4 fully saturated rings. The van der Waals surface area contributed by atoms with Crippen LogP contribution in [-0.4, -0.2) is 112 Å². The first-order valence-corrected chi connectivity index (χ1v) is 40.1. The Balaban J connectivity index is 0.000000247. The molecule has 6 unspecified atom stereocenters. The molecule has 6 atom stereocenters. The minimum absolute atomic E-state index is 0.152. The highest BCUT2D eigenvalue weighted by Crippen LogP contribution is 2.34. The maximum atomic E-state index is 12.2. The quantitative estimate of drug-likeness (QED) is 0.0258. The van der Waals surface area contributed by atoms with Crippen molar-refractivity contribution >= 4 is 17.9 Å². The number of hydrogen-bond donors (Lipinski definition) is 1. The standard InChI is InChI=1S/C22H34O5.C21H32O5.C19H28O5.C18H28O2.C10H14O/c1-7-22(5,6)19(23)25-16-8-10-17(11-9-16)26-20(21(2,3)4)27-18-12-14-24-15-13-18;1-6-21(4,5)20(22)26-17-9-7-16(8-10-17)24-19(15(2)3)25-18-11-13-23-14-12-18;1-5-19(3,4)18(20)24-16-8-6-15(7-9-16)22-14(2)23-17-10-12-21-13-11-17;1-4-14(2)16-10-12-18(13-11-16)20-15(3)19-17-8-6-5-7-9-17;1-3-8(2)9-4-6-10(11)7-5-9/h8-11,18,20H,7,12-15H2,1-6H3;7-10,15,18-19H,6,11-14H2,1-5H3;6-9,14,17H,5,10-13H2,1-4H3;10-15,17H,4-9H2,1-3H3;4-8,11H,3H2,1-2H3. The fourth-order valence-electron chi connectivity index (χ4n) is 11.0. The molecule has 18 nitrogen and oxygen atoms in total. The normalized spacial score (nSPS) is 17.3. The zero-order valence-corrected chi connectivity index (χ0v) is 69.3. The van der Waals surface area contributed by atoms with Gasteiger partial charge in [0.05, 0.1) is 40.7 Å². The van der Waals surface area contributed by atoms with Crippen molar-refractivity contribution in [1.82, 2.24) is 0 Å². The van der Waals surface area contributed by atoms with Gasteiger partial charge in [0, 0.05) is 51.0 Å². The van der Waals surface area contributed by atoms with E-state index in [9.17, 15) is 14.4 Å². The number of carbonyl (C=O) groups excluding carboxylic acids is 3. The highest BCUT2D eigenvalue weighted by molar-refractivity contribution is 5.79. The molecule has 3 aliphatic heterocycles. The first kappa shape index (κ1) is 91.8. The molecule has 1 aliphatic carbocycles. The van der Waals surface area contributed by atoms with Gasteiger partial charge in [0.1, 0.15) is 46.0 Å². The summed E-state index contributed by atoms with van der Waals surface area (Å²) in [4.78, 5) is 36.4. The number of hydrogen-bond acceptors (Lipinski definition) is 18. The molecule has 0 amide bonds. The average molecular weight is 1510 g/mol. The summed E-state index contributed by atoms with van der Waals surface area (Å²) in [5, 5.41) is 9.01. The molecule has 108 heavy (non-hydrogen) atoms. The second kappa shape index (κ2) is 46.8. The maximum Gasteiger partial charge on any atom is 0.316 e. The van der Waals surface area contributed by atoms with Gasteiger partial charge in [-0.1, -0.05) is 127 Å². The average Bonchev–Trinajstić information content (AvgIpc) is 0.866. The number of aromatic hydroxyl groups is 1. The number of phenols is 1. The monoisotopic (exact) mass is 1500 g/mol. The number of esters is 3. The molecule has 0 bridgehead atoms. The summed E-state index contributed by atoms with van der Waals surface area (Å²) >= 11 is 0. The number of rotatable bonds is 30. The van der Waals surface area contributed by atoms with Gasteiger partial charge < -0.3 is 71.4 Å². The van der Waals surface area contributed by atoms with Gasteiger partial charge in [-0.05, 0) is 259 Å². The summed E-state index contributed by atoms with van der Waals surface area (Å²) < 4.78 is 80.4.